The zero-order chi connectivity index (χ0) is 21.6. The van der Waals surface area contributed by atoms with Gasteiger partial charge in [-0.25, -0.2) is 9.37 Å². The normalized spacial score (nSPS) is 16.3. The second-order valence-electron chi connectivity index (χ2n) is 7.05. The standard InChI is InChI=1S/C21H14F4N4O2/c22-15-3-1-2-13(8-15)17-9-29-11-26-18(16(29)10-30-17)20-27-19(28-31-20)12-4-6-14(7-5-12)21(23,24)25/h1-8,11,17H,9-10H2/t17-/m0/s1. The first-order valence-electron chi connectivity index (χ1n) is 9.31. The summed E-state index contributed by atoms with van der Waals surface area (Å²) in [6, 6.07) is 10.7. The summed E-state index contributed by atoms with van der Waals surface area (Å²) in [5.74, 6) is -0.0452. The van der Waals surface area contributed by atoms with E-state index in [1.54, 1.807) is 18.5 Å². The number of imidazole rings is 1. The number of aromatic nitrogens is 4. The van der Waals surface area contributed by atoms with Crippen molar-refractivity contribution < 1.29 is 26.8 Å². The molecule has 0 N–H and O–H groups in total. The van der Waals surface area contributed by atoms with Crippen molar-refractivity contribution in [3.8, 4) is 23.0 Å². The van der Waals surface area contributed by atoms with E-state index in [9.17, 15) is 17.6 Å². The Morgan fingerprint density at radius 1 is 1.06 bits per heavy atom. The predicted molar refractivity (Wildman–Crippen MR) is 99.9 cm³/mol. The highest BCUT2D eigenvalue weighted by atomic mass is 19.4. The maximum atomic E-state index is 13.5. The van der Waals surface area contributed by atoms with Crippen LogP contribution in [0.1, 0.15) is 22.9 Å². The second-order valence-corrected chi connectivity index (χ2v) is 7.05. The Balaban J connectivity index is 1.38. The molecular formula is C21H14F4N4O2. The fraction of sp³-hybridized carbons (Fsp3) is 0.190. The van der Waals surface area contributed by atoms with Gasteiger partial charge in [0.25, 0.3) is 5.89 Å². The van der Waals surface area contributed by atoms with Gasteiger partial charge in [0.05, 0.1) is 30.7 Å². The van der Waals surface area contributed by atoms with Gasteiger partial charge in [0, 0.05) is 5.56 Å². The molecule has 0 saturated heterocycles. The van der Waals surface area contributed by atoms with E-state index in [0.717, 1.165) is 23.4 Å². The van der Waals surface area contributed by atoms with Gasteiger partial charge in [-0.1, -0.05) is 29.4 Å². The van der Waals surface area contributed by atoms with Crippen LogP contribution >= 0.6 is 0 Å². The molecule has 0 saturated carbocycles. The van der Waals surface area contributed by atoms with Crippen molar-refractivity contribution in [3.63, 3.8) is 0 Å². The van der Waals surface area contributed by atoms with Gasteiger partial charge in [-0.2, -0.15) is 18.2 Å². The minimum absolute atomic E-state index is 0.136. The van der Waals surface area contributed by atoms with Crippen molar-refractivity contribution >= 4 is 0 Å². The van der Waals surface area contributed by atoms with Crippen LogP contribution in [-0.2, 0) is 24.1 Å². The van der Waals surface area contributed by atoms with Crippen molar-refractivity contribution in [3.05, 3.63) is 77.5 Å². The average Bonchev–Trinajstić information content (AvgIpc) is 3.40. The van der Waals surface area contributed by atoms with E-state index in [4.69, 9.17) is 9.26 Å². The van der Waals surface area contributed by atoms with Crippen molar-refractivity contribution in [2.24, 2.45) is 0 Å². The summed E-state index contributed by atoms with van der Waals surface area (Å²) in [5, 5.41) is 3.86. The summed E-state index contributed by atoms with van der Waals surface area (Å²) in [5.41, 5.74) is 1.51. The van der Waals surface area contributed by atoms with Crippen molar-refractivity contribution in [1.82, 2.24) is 19.7 Å². The third-order valence-electron chi connectivity index (χ3n) is 5.05. The smallest absolute Gasteiger partial charge is 0.365 e. The number of hydrogen-bond donors (Lipinski definition) is 0. The predicted octanol–water partition coefficient (Wildman–Crippen LogP) is 5.03. The first-order chi connectivity index (χ1) is 14.9. The molecule has 0 amide bonds. The lowest BCUT2D eigenvalue weighted by molar-refractivity contribution is -0.137. The van der Waals surface area contributed by atoms with Gasteiger partial charge in [-0.05, 0) is 29.8 Å². The zero-order valence-corrected chi connectivity index (χ0v) is 15.8. The van der Waals surface area contributed by atoms with Gasteiger partial charge >= 0.3 is 6.18 Å². The molecule has 0 spiro atoms. The van der Waals surface area contributed by atoms with E-state index in [-0.39, 0.29) is 30.2 Å². The Labute approximate surface area is 173 Å². The van der Waals surface area contributed by atoms with Crippen LogP contribution in [0.2, 0.25) is 0 Å². The van der Waals surface area contributed by atoms with Crippen LogP contribution < -0.4 is 0 Å². The number of rotatable bonds is 3. The molecule has 6 nitrogen and oxygen atoms in total. The second kappa shape index (κ2) is 7.31. The van der Waals surface area contributed by atoms with Crippen LogP contribution in [0.5, 0.6) is 0 Å². The van der Waals surface area contributed by atoms with E-state index in [2.05, 4.69) is 15.1 Å². The Hall–Kier alpha value is -3.53. The Bertz CT molecular complexity index is 1230. The number of nitrogens with zero attached hydrogens (tertiary/aromatic N) is 4. The van der Waals surface area contributed by atoms with Crippen LogP contribution in [0, 0.1) is 5.82 Å². The molecule has 2 aromatic heterocycles. The summed E-state index contributed by atoms with van der Waals surface area (Å²) >= 11 is 0. The molecule has 3 heterocycles. The number of benzene rings is 2. The van der Waals surface area contributed by atoms with E-state index in [1.807, 2.05) is 4.57 Å². The molecule has 5 rings (SSSR count). The van der Waals surface area contributed by atoms with Crippen LogP contribution in [-0.4, -0.2) is 19.7 Å². The summed E-state index contributed by atoms with van der Waals surface area (Å²) in [7, 11) is 0. The fourth-order valence-electron chi connectivity index (χ4n) is 3.46. The van der Waals surface area contributed by atoms with E-state index in [1.165, 1.54) is 24.3 Å². The SMILES string of the molecule is Fc1cccc([C@@H]2Cn3cnc(-c4nc(-c5ccc(C(F)(F)F)cc5)no4)c3CO2)c1. The van der Waals surface area contributed by atoms with E-state index in [0.29, 0.717) is 17.8 Å². The number of fused-ring (bicyclic) bond motifs is 1. The number of ether oxygens (including phenoxy) is 1. The monoisotopic (exact) mass is 430 g/mol. The highest BCUT2D eigenvalue weighted by Crippen LogP contribution is 2.33. The van der Waals surface area contributed by atoms with Crippen molar-refractivity contribution in [1.29, 1.82) is 0 Å². The molecule has 1 aliphatic heterocycles. The molecule has 10 heteroatoms. The van der Waals surface area contributed by atoms with Crippen LogP contribution in [0.25, 0.3) is 23.0 Å². The molecule has 4 aromatic rings. The molecule has 1 atom stereocenters. The lowest BCUT2D eigenvalue weighted by atomic mass is 10.1. The minimum atomic E-state index is -4.42. The number of hydrogen-bond acceptors (Lipinski definition) is 5. The topological polar surface area (TPSA) is 66.0 Å². The highest BCUT2D eigenvalue weighted by molar-refractivity contribution is 5.59. The third kappa shape index (κ3) is 3.70. The fourth-order valence-corrected chi connectivity index (χ4v) is 3.46. The lowest BCUT2D eigenvalue weighted by Gasteiger charge is -2.25. The number of halogens is 4. The highest BCUT2D eigenvalue weighted by Gasteiger charge is 2.30. The number of alkyl halides is 3. The Kier molecular flexibility index (Phi) is 4.58. The zero-order valence-electron chi connectivity index (χ0n) is 15.8. The summed E-state index contributed by atoms with van der Waals surface area (Å²) in [6.07, 6.45) is -3.13. The maximum Gasteiger partial charge on any atom is 0.416 e. The summed E-state index contributed by atoms with van der Waals surface area (Å²) in [6.45, 7) is 0.639. The average molecular weight is 430 g/mol. The molecule has 0 bridgehead atoms. The summed E-state index contributed by atoms with van der Waals surface area (Å²) < 4.78 is 64.8. The molecule has 2 aromatic carbocycles. The Morgan fingerprint density at radius 2 is 1.87 bits per heavy atom. The quantitative estimate of drug-likeness (QED) is 0.427. The first kappa shape index (κ1) is 19.4. The van der Waals surface area contributed by atoms with Crippen molar-refractivity contribution in [2.45, 2.75) is 25.4 Å². The molecule has 0 radical (unpaired) electrons. The minimum Gasteiger partial charge on any atom is -0.365 e. The molecule has 31 heavy (non-hydrogen) atoms. The third-order valence-corrected chi connectivity index (χ3v) is 5.05. The molecule has 0 fully saturated rings. The van der Waals surface area contributed by atoms with Gasteiger partial charge in [0.15, 0.2) is 5.69 Å². The largest absolute Gasteiger partial charge is 0.416 e. The van der Waals surface area contributed by atoms with Gasteiger partial charge in [0.1, 0.15) is 11.9 Å². The van der Waals surface area contributed by atoms with Gasteiger partial charge < -0.3 is 13.8 Å². The van der Waals surface area contributed by atoms with E-state index < -0.39 is 11.7 Å². The Morgan fingerprint density at radius 3 is 2.61 bits per heavy atom. The van der Waals surface area contributed by atoms with Crippen LogP contribution in [0.4, 0.5) is 17.6 Å². The van der Waals surface area contributed by atoms with Crippen molar-refractivity contribution in [2.75, 3.05) is 0 Å². The molecule has 0 aliphatic carbocycles. The van der Waals surface area contributed by atoms with Gasteiger partial charge in [-0.3, -0.25) is 0 Å². The molecule has 0 unspecified atom stereocenters. The van der Waals surface area contributed by atoms with Crippen LogP contribution in [0.3, 0.4) is 0 Å². The first-order valence-corrected chi connectivity index (χ1v) is 9.31. The lowest BCUT2D eigenvalue weighted by Crippen LogP contribution is -2.20. The van der Waals surface area contributed by atoms with Gasteiger partial charge in [-0.15, -0.1) is 0 Å². The summed E-state index contributed by atoms with van der Waals surface area (Å²) in [4.78, 5) is 8.60. The molecular weight excluding hydrogens is 416 g/mol. The molecule has 158 valence electrons. The van der Waals surface area contributed by atoms with Gasteiger partial charge in [0.2, 0.25) is 5.82 Å². The van der Waals surface area contributed by atoms with Crippen LogP contribution in [0.15, 0.2) is 59.4 Å². The maximum absolute atomic E-state index is 13.5. The van der Waals surface area contributed by atoms with E-state index >= 15 is 0 Å². The molecule has 1 aliphatic rings.